The van der Waals surface area contributed by atoms with E-state index in [1.54, 1.807) is 0 Å². The van der Waals surface area contributed by atoms with E-state index < -0.39 is 0 Å². The Morgan fingerprint density at radius 1 is 1.11 bits per heavy atom. The van der Waals surface area contributed by atoms with Gasteiger partial charge < -0.3 is 4.90 Å². The van der Waals surface area contributed by atoms with Crippen molar-refractivity contribution in [2.75, 3.05) is 39.8 Å². The summed E-state index contributed by atoms with van der Waals surface area (Å²) in [5, 5.41) is 1.21. The predicted octanol–water partition coefficient (Wildman–Crippen LogP) is 2.75. The molecular weight excluding hydrogens is 336 g/mol. The molecule has 0 aliphatic carbocycles. The molecule has 0 saturated carbocycles. The van der Waals surface area contributed by atoms with Gasteiger partial charge in [-0.1, -0.05) is 24.3 Å². The van der Waals surface area contributed by atoms with E-state index in [9.17, 15) is 4.79 Å². The molecule has 3 heterocycles. The quantitative estimate of drug-likeness (QED) is 0.837. The molecule has 144 valence electrons. The van der Waals surface area contributed by atoms with Crippen LogP contribution in [0, 0.1) is 0 Å². The Kier molecular flexibility index (Phi) is 5.15. The summed E-state index contributed by atoms with van der Waals surface area (Å²) in [6, 6.07) is 10.6. The molecule has 1 aromatic heterocycles. The fourth-order valence-corrected chi connectivity index (χ4v) is 4.78. The van der Waals surface area contributed by atoms with E-state index in [2.05, 4.69) is 53.0 Å². The van der Waals surface area contributed by atoms with Gasteiger partial charge in [0.1, 0.15) is 0 Å². The topological polar surface area (TPSA) is 39.7 Å². The Bertz CT molecular complexity index is 818. The van der Waals surface area contributed by atoms with Gasteiger partial charge in [-0.25, -0.2) is 0 Å². The van der Waals surface area contributed by atoms with E-state index in [1.807, 2.05) is 17.2 Å². The van der Waals surface area contributed by atoms with Crippen LogP contribution in [0.3, 0.4) is 0 Å². The first-order valence-corrected chi connectivity index (χ1v) is 10.2. The first-order chi connectivity index (χ1) is 13.1. The zero-order chi connectivity index (χ0) is 18.9. The van der Waals surface area contributed by atoms with Crippen LogP contribution in [-0.4, -0.2) is 70.9 Å². The summed E-state index contributed by atoms with van der Waals surface area (Å²) in [5.74, 6) is 0.318. The van der Waals surface area contributed by atoms with Gasteiger partial charge >= 0.3 is 0 Å². The average Bonchev–Trinajstić information content (AvgIpc) is 2.85. The molecule has 0 unspecified atom stereocenters. The lowest BCUT2D eigenvalue weighted by atomic mass is 9.86. The normalized spacial score (nSPS) is 25.3. The Labute approximate surface area is 162 Å². The third-order valence-corrected chi connectivity index (χ3v) is 6.58. The molecule has 1 atom stereocenters. The van der Waals surface area contributed by atoms with Gasteiger partial charge in [-0.2, -0.15) is 0 Å². The lowest BCUT2D eigenvalue weighted by molar-refractivity contribution is -0.130. The van der Waals surface area contributed by atoms with Crippen molar-refractivity contribution in [1.82, 2.24) is 19.7 Å². The van der Waals surface area contributed by atoms with Crippen molar-refractivity contribution >= 4 is 16.8 Å². The molecule has 1 amide bonds. The second kappa shape index (κ2) is 7.56. The number of para-hydroxylation sites is 1. The van der Waals surface area contributed by atoms with Gasteiger partial charge in [0, 0.05) is 62.8 Å². The molecule has 2 saturated heterocycles. The van der Waals surface area contributed by atoms with Gasteiger partial charge in [0.05, 0.1) is 5.52 Å². The summed E-state index contributed by atoms with van der Waals surface area (Å²) < 4.78 is 0. The van der Waals surface area contributed by atoms with Crippen LogP contribution >= 0.6 is 0 Å². The number of hydrogen-bond donors (Lipinski definition) is 0. The third kappa shape index (κ3) is 3.58. The summed E-state index contributed by atoms with van der Waals surface area (Å²) in [7, 11) is 2.24. The van der Waals surface area contributed by atoms with Crippen LogP contribution in [0.5, 0.6) is 0 Å². The van der Waals surface area contributed by atoms with Crippen molar-refractivity contribution < 1.29 is 4.79 Å². The number of carbonyl (C=O) groups excluding carboxylic acids is 1. The minimum absolute atomic E-state index is 0.107. The number of fused-ring (bicyclic) bond motifs is 1. The van der Waals surface area contributed by atoms with Gasteiger partial charge in [0.15, 0.2) is 0 Å². The number of rotatable bonds is 3. The lowest BCUT2D eigenvalue weighted by Gasteiger charge is -2.49. The number of pyridine rings is 1. The number of nitrogens with zero attached hydrogens (tertiary/aromatic N) is 4. The first-order valence-electron chi connectivity index (χ1n) is 10.2. The number of likely N-dealkylation sites (tertiary alicyclic amines) is 1. The molecule has 27 heavy (non-hydrogen) atoms. The average molecular weight is 367 g/mol. The van der Waals surface area contributed by atoms with Crippen LogP contribution in [0.1, 0.15) is 31.7 Å². The van der Waals surface area contributed by atoms with E-state index in [4.69, 9.17) is 0 Å². The molecule has 0 N–H and O–H groups in total. The fraction of sp³-hybridized carbons (Fsp3) is 0.545. The number of benzene rings is 1. The standard InChI is InChI=1S/C22H30N4O/c1-3-26-13-11-22(10-9-20(26)27)17-25(15-14-24(22)2)16-19-7-4-6-18-8-5-12-23-21(18)19/h4-8,12H,3,9-11,13-17H2,1-2H3/t22-/m1/s1. The number of hydrogen-bond acceptors (Lipinski definition) is 4. The zero-order valence-electron chi connectivity index (χ0n) is 16.5. The highest BCUT2D eigenvalue weighted by Crippen LogP contribution is 2.33. The fourth-order valence-electron chi connectivity index (χ4n) is 4.78. The number of carbonyl (C=O) groups is 1. The summed E-state index contributed by atoms with van der Waals surface area (Å²) in [5.41, 5.74) is 2.52. The third-order valence-electron chi connectivity index (χ3n) is 6.58. The molecule has 2 aliphatic rings. The van der Waals surface area contributed by atoms with Gasteiger partial charge in [0.2, 0.25) is 5.91 Å². The molecule has 0 radical (unpaired) electrons. The van der Waals surface area contributed by atoms with Gasteiger partial charge in [-0.15, -0.1) is 0 Å². The van der Waals surface area contributed by atoms with E-state index in [1.165, 1.54) is 10.9 Å². The van der Waals surface area contributed by atoms with Crippen LogP contribution in [0.4, 0.5) is 0 Å². The number of piperazine rings is 1. The molecule has 0 bridgehead atoms. The summed E-state index contributed by atoms with van der Waals surface area (Å²) >= 11 is 0. The van der Waals surface area contributed by atoms with Crippen molar-refractivity contribution in [1.29, 1.82) is 0 Å². The minimum atomic E-state index is 0.107. The van der Waals surface area contributed by atoms with E-state index in [-0.39, 0.29) is 5.54 Å². The highest BCUT2D eigenvalue weighted by Gasteiger charge is 2.42. The zero-order valence-corrected chi connectivity index (χ0v) is 16.5. The first kappa shape index (κ1) is 18.4. The maximum atomic E-state index is 12.4. The molecule has 5 heteroatoms. The van der Waals surface area contributed by atoms with Crippen LogP contribution in [-0.2, 0) is 11.3 Å². The number of aromatic nitrogens is 1. The largest absolute Gasteiger partial charge is 0.343 e. The molecule has 2 aromatic rings. The summed E-state index contributed by atoms with van der Waals surface area (Å²) in [4.78, 5) is 24.1. The van der Waals surface area contributed by atoms with Crippen molar-refractivity contribution in [2.45, 2.75) is 38.3 Å². The van der Waals surface area contributed by atoms with Crippen LogP contribution in [0.25, 0.3) is 10.9 Å². The Balaban J connectivity index is 1.54. The SMILES string of the molecule is CCN1CC[C@]2(CCC1=O)CN(Cc1cccc3cccnc13)CCN2C. The highest BCUT2D eigenvalue weighted by molar-refractivity contribution is 5.81. The second-order valence-corrected chi connectivity index (χ2v) is 8.07. The van der Waals surface area contributed by atoms with Crippen molar-refractivity contribution in [2.24, 2.45) is 0 Å². The number of likely N-dealkylation sites (N-methyl/N-ethyl adjacent to an activating group) is 1. The highest BCUT2D eigenvalue weighted by atomic mass is 16.2. The molecule has 2 aliphatic heterocycles. The van der Waals surface area contributed by atoms with Crippen LogP contribution in [0.15, 0.2) is 36.5 Å². The van der Waals surface area contributed by atoms with Crippen LogP contribution < -0.4 is 0 Å². The second-order valence-electron chi connectivity index (χ2n) is 8.07. The van der Waals surface area contributed by atoms with Gasteiger partial charge in [0.25, 0.3) is 0 Å². The van der Waals surface area contributed by atoms with E-state index in [0.29, 0.717) is 12.3 Å². The van der Waals surface area contributed by atoms with E-state index in [0.717, 1.165) is 57.6 Å². The van der Waals surface area contributed by atoms with Gasteiger partial charge in [-0.3, -0.25) is 19.6 Å². The number of amides is 1. The molecule has 2 fully saturated rings. The molecule has 5 nitrogen and oxygen atoms in total. The molecule has 4 rings (SSSR count). The van der Waals surface area contributed by atoms with Crippen molar-refractivity contribution in [3.63, 3.8) is 0 Å². The lowest BCUT2D eigenvalue weighted by Crippen LogP contribution is -2.60. The maximum absolute atomic E-state index is 12.4. The Hall–Kier alpha value is -1.98. The predicted molar refractivity (Wildman–Crippen MR) is 108 cm³/mol. The maximum Gasteiger partial charge on any atom is 0.222 e. The van der Waals surface area contributed by atoms with Crippen molar-refractivity contribution in [3.8, 4) is 0 Å². The van der Waals surface area contributed by atoms with Crippen LogP contribution in [0.2, 0.25) is 0 Å². The summed E-state index contributed by atoms with van der Waals surface area (Å²) in [6.07, 6.45) is 4.58. The Morgan fingerprint density at radius 3 is 2.81 bits per heavy atom. The molecular formula is C22H30N4O. The van der Waals surface area contributed by atoms with Gasteiger partial charge in [-0.05, 0) is 38.4 Å². The monoisotopic (exact) mass is 366 g/mol. The summed E-state index contributed by atoms with van der Waals surface area (Å²) in [6.45, 7) is 7.85. The van der Waals surface area contributed by atoms with Crippen molar-refractivity contribution in [3.05, 3.63) is 42.1 Å². The smallest absolute Gasteiger partial charge is 0.222 e. The minimum Gasteiger partial charge on any atom is -0.343 e. The van der Waals surface area contributed by atoms with E-state index >= 15 is 0 Å². The molecule has 1 spiro atoms. The Morgan fingerprint density at radius 2 is 1.96 bits per heavy atom. The molecule has 1 aromatic carbocycles.